The van der Waals surface area contributed by atoms with E-state index in [1.165, 1.54) is 77.0 Å². The molecule has 0 aliphatic heterocycles. The number of Topliss-reactive ketones (excluding diaryl/α,β-unsaturated/α-hetero) is 1. The van der Waals surface area contributed by atoms with Gasteiger partial charge >= 0.3 is 0 Å². The molecule has 0 N–H and O–H groups in total. The molecule has 0 aliphatic rings. The molecule has 0 amide bonds. The van der Waals surface area contributed by atoms with Crippen LogP contribution in [-0.2, 0) is 4.79 Å². The van der Waals surface area contributed by atoms with Gasteiger partial charge in [-0.25, -0.2) is 0 Å². The minimum atomic E-state index is 0.354. The molecule has 1 atom stereocenters. The Hall–Kier alpha value is -0.330. The van der Waals surface area contributed by atoms with Gasteiger partial charge in [0, 0.05) is 6.42 Å². The van der Waals surface area contributed by atoms with Crippen molar-refractivity contribution in [1.82, 2.24) is 0 Å². The molecular weight excluding hydrogens is 244 g/mol. The summed E-state index contributed by atoms with van der Waals surface area (Å²) < 4.78 is 0. The summed E-state index contributed by atoms with van der Waals surface area (Å²) in [5.41, 5.74) is 0. The molecule has 0 heterocycles. The normalized spacial score (nSPS) is 12.6. The number of carbonyl (C=O) groups excluding carboxylic acids is 1. The fourth-order valence-electron chi connectivity index (χ4n) is 2.96. The zero-order valence-electron chi connectivity index (χ0n) is 14.4. The molecule has 0 rings (SSSR count). The van der Waals surface area contributed by atoms with Crippen LogP contribution in [0.25, 0.3) is 0 Å². The van der Waals surface area contributed by atoms with Crippen molar-refractivity contribution in [3.63, 3.8) is 0 Å². The van der Waals surface area contributed by atoms with Crippen LogP contribution in [-0.4, -0.2) is 5.78 Å². The molecule has 0 saturated heterocycles. The van der Waals surface area contributed by atoms with E-state index in [1.807, 2.05) is 0 Å². The zero-order chi connectivity index (χ0) is 15.1. The minimum Gasteiger partial charge on any atom is -0.300 e. The van der Waals surface area contributed by atoms with Gasteiger partial charge in [0.05, 0.1) is 0 Å². The molecule has 20 heavy (non-hydrogen) atoms. The van der Waals surface area contributed by atoms with Crippen LogP contribution >= 0.6 is 0 Å². The molecule has 0 aromatic heterocycles. The summed E-state index contributed by atoms with van der Waals surface area (Å²) in [5.74, 6) is 1.28. The van der Waals surface area contributed by atoms with E-state index in [-0.39, 0.29) is 0 Å². The number of ketones is 1. The molecule has 0 saturated carbocycles. The third-order valence-electron chi connectivity index (χ3n) is 4.32. The Morgan fingerprint density at radius 3 is 1.70 bits per heavy atom. The van der Waals surface area contributed by atoms with Gasteiger partial charge in [-0.1, -0.05) is 90.9 Å². The first kappa shape index (κ1) is 19.7. The standard InChI is InChI=1S/C19H38O/c1-4-6-8-9-11-16-19(15-10-7-5-2)17-13-12-14-18(3)20/h19H,4-17H2,1-3H3. The van der Waals surface area contributed by atoms with Crippen LogP contribution in [0, 0.1) is 5.92 Å². The lowest BCUT2D eigenvalue weighted by Gasteiger charge is -2.16. The van der Waals surface area contributed by atoms with Gasteiger partial charge in [0.1, 0.15) is 5.78 Å². The van der Waals surface area contributed by atoms with Crippen molar-refractivity contribution in [3.05, 3.63) is 0 Å². The Morgan fingerprint density at radius 1 is 0.700 bits per heavy atom. The van der Waals surface area contributed by atoms with Crippen LogP contribution in [0.1, 0.15) is 111 Å². The van der Waals surface area contributed by atoms with Crippen molar-refractivity contribution in [2.45, 2.75) is 111 Å². The molecule has 1 heteroatoms. The molecule has 120 valence electrons. The Bertz CT molecular complexity index is 210. The van der Waals surface area contributed by atoms with Crippen LogP contribution in [0.15, 0.2) is 0 Å². The van der Waals surface area contributed by atoms with Crippen molar-refractivity contribution < 1.29 is 4.79 Å². The first-order valence-corrected chi connectivity index (χ1v) is 9.20. The number of hydrogen-bond acceptors (Lipinski definition) is 1. The van der Waals surface area contributed by atoms with Gasteiger partial charge in [0.25, 0.3) is 0 Å². The van der Waals surface area contributed by atoms with Gasteiger partial charge in [-0.05, 0) is 19.3 Å². The van der Waals surface area contributed by atoms with Gasteiger partial charge in [-0.2, -0.15) is 0 Å². The van der Waals surface area contributed by atoms with Crippen LogP contribution < -0.4 is 0 Å². The fourth-order valence-corrected chi connectivity index (χ4v) is 2.96. The number of rotatable bonds is 15. The number of unbranched alkanes of at least 4 members (excludes halogenated alkanes) is 7. The maximum Gasteiger partial charge on any atom is 0.129 e. The maximum atomic E-state index is 11.0. The van der Waals surface area contributed by atoms with E-state index in [0.29, 0.717) is 5.78 Å². The van der Waals surface area contributed by atoms with E-state index < -0.39 is 0 Å². The lowest BCUT2D eigenvalue weighted by molar-refractivity contribution is -0.117. The summed E-state index contributed by atoms with van der Waals surface area (Å²) in [5, 5.41) is 0. The molecule has 0 bridgehead atoms. The van der Waals surface area contributed by atoms with Crippen molar-refractivity contribution in [1.29, 1.82) is 0 Å². The minimum absolute atomic E-state index is 0.354. The average molecular weight is 283 g/mol. The predicted molar refractivity (Wildman–Crippen MR) is 90.2 cm³/mol. The van der Waals surface area contributed by atoms with E-state index in [0.717, 1.165) is 18.8 Å². The topological polar surface area (TPSA) is 17.1 Å². The van der Waals surface area contributed by atoms with E-state index in [2.05, 4.69) is 13.8 Å². The summed E-state index contributed by atoms with van der Waals surface area (Å²) in [6.07, 6.45) is 18.5. The van der Waals surface area contributed by atoms with Crippen molar-refractivity contribution >= 4 is 5.78 Å². The Kier molecular flexibility index (Phi) is 14.8. The molecule has 0 radical (unpaired) electrons. The highest BCUT2D eigenvalue weighted by Crippen LogP contribution is 2.23. The van der Waals surface area contributed by atoms with Crippen LogP contribution in [0.4, 0.5) is 0 Å². The first-order valence-electron chi connectivity index (χ1n) is 9.20. The Morgan fingerprint density at radius 2 is 1.15 bits per heavy atom. The van der Waals surface area contributed by atoms with E-state index >= 15 is 0 Å². The maximum absolute atomic E-state index is 11.0. The fraction of sp³-hybridized carbons (Fsp3) is 0.947. The monoisotopic (exact) mass is 282 g/mol. The summed E-state index contributed by atoms with van der Waals surface area (Å²) in [6, 6.07) is 0. The molecule has 0 fully saturated rings. The smallest absolute Gasteiger partial charge is 0.129 e. The summed E-state index contributed by atoms with van der Waals surface area (Å²) in [7, 11) is 0. The molecule has 1 nitrogen and oxygen atoms in total. The number of carbonyl (C=O) groups is 1. The average Bonchev–Trinajstić information content (AvgIpc) is 2.42. The van der Waals surface area contributed by atoms with Gasteiger partial charge in [0.2, 0.25) is 0 Å². The summed E-state index contributed by atoms with van der Waals surface area (Å²) in [4.78, 5) is 11.0. The van der Waals surface area contributed by atoms with Gasteiger partial charge in [0.15, 0.2) is 0 Å². The second-order valence-corrected chi connectivity index (χ2v) is 6.51. The largest absolute Gasteiger partial charge is 0.300 e. The second kappa shape index (κ2) is 15.1. The highest BCUT2D eigenvalue weighted by molar-refractivity contribution is 5.75. The summed E-state index contributed by atoms with van der Waals surface area (Å²) in [6.45, 7) is 6.28. The van der Waals surface area contributed by atoms with Crippen molar-refractivity contribution in [2.75, 3.05) is 0 Å². The Balaban J connectivity index is 3.72. The van der Waals surface area contributed by atoms with E-state index in [1.54, 1.807) is 6.92 Å². The molecule has 0 aromatic carbocycles. The number of hydrogen-bond donors (Lipinski definition) is 0. The third kappa shape index (κ3) is 14.1. The Labute approximate surface area is 127 Å². The van der Waals surface area contributed by atoms with Gasteiger partial charge in [-0.15, -0.1) is 0 Å². The van der Waals surface area contributed by atoms with Gasteiger partial charge in [-0.3, -0.25) is 0 Å². The summed E-state index contributed by atoms with van der Waals surface area (Å²) >= 11 is 0. The molecule has 0 aliphatic carbocycles. The lowest BCUT2D eigenvalue weighted by atomic mass is 9.90. The van der Waals surface area contributed by atoms with Crippen molar-refractivity contribution in [2.24, 2.45) is 5.92 Å². The third-order valence-corrected chi connectivity index (χ3v) is 4.32. The van der Waals surface area contributed by atoms with Crippen LogP contribution in [0.3, 0.4) is 0 Å². The highest BCUT2D eigenvalue weighted by Gasteiger charge is 2.08. The van der Waals surface area contributed by atoms with Crippen LogP contribution in [0.2, 0.25) is 0 Å². The molecule has 0 spiro atoms. The lowest BCUT2D eigenvalue weighted by Crippen LogP contribution is -2.02. The zero-order valence-corrected chi connectivity index (χ0v) is 14.4. The molecular formula is C19H38O. The first-order chi connectivity index (χ1) is 9.70. The SMILES string of the molecule is CCCCCCCC(CCCCC)CCCCC(C)=O. The quantitative estimate of drug-likeness (QED) is 0.306. The van der Waals surface area contributed by atoms with E-state index in [4.69, 9.17) is 0 Å². The molecule has 1 unspecified atom stereocenters. The van der Waals surface area contributed by atoms with Gasteiger partial charge < -0.3 is 4.79 Å². The molecule has 0 aromatic rings. The van der Waals surface area contributed by atoms with E-state index in [9.17, 15) is 4.79 Å². The van der Waals surface area contributed by atoms with Crippen LogP contribution in [0.5, 0.6) is 0 Å². The highest BCUT2D eigenvalue weighted by atomic mass is 16.1. The van der Waals surface area contributed by atoms with Crippen molar-refractivity contribution in [3.8, 4) is 0 Å². The second-order valence-electron chi connectivity index (χ2n) is 6.51. The predicted octanol–water partition coefficient (Wildman–Crippen LogP) is 6.69.